The Bertz CT molecular complexity index is 971. The van der Waals surface area contributed by atoms with Crippen molar-refractivity contribution in [3.63, 3.8) is 0 Å². The van der Waals surface area contributed by atoms with Crippen molar-refractivity contribution in [2.75, 3.05) is 18.0 Å². The van der Waals surface area contributed by atoms with Gasteiger partial charge in [0.1, 0.15) is 5.82 Å². The number of amides is 1. The zero-order valence-corrected chi connectivity index (χ0v) is 14.7. The lowest BCUT2D eigenvalue weighted by Gasteiger charge is -2.41. The van der Waals surface area contributed by atoms with Crippen LogP contribution >= 0.6 is 0 Å². The molecule has 0 atom stereocenters. The van der Waals surface area contributed by atoms with Crippen molar-refractivity contribution in [1.29, 1.82) is 0 Å². The predicted octanol–water partition coefficient (Wildman–Crippen LogP) is 2.53. The van der Waals surface area contributed by atoms with Crippen molar-refractivity contribution >= 4 is 17.1 Å². The number of carbonyl (C=O) groups excluding carboxylic acids is 1. The summed E-state index contributed by atoms with van der Waals surface area (Å²) in [6, 6.07) is 8.07. The Labute approximate surface area is 151 Å². The summed E-state index contributed by atoms with van der Waals surface area (Å²) in [5, 5.41) is 3.16. The molecule has 6 heteroatoms. The highest BCUT2D eigenvalue weighted by Crippen LogP contribution is 2.39. The molecule has 2 fully saturated rings. The standard InChI is InChI=1S/C20H21N5O/c1-13-18(5-4-17-10-22-19(25(13)17)14-2-3-14)20(26)23-15-11-24(12-15)16-6-8-21-9-7-16/h4-10,14-15H,2-3,11-12H2,1H3,(H,23,26). The first-order valence-corrected chi connectivity index (χ1v) is 9.13. The van der Waals surface area contributed by atoms with Crippen LogP contribution < -0.4 is 10.2 Å². The molecule has 5 rings (SSSR count). The molecule has 26 heavy (non-hydrogen) atoms. The monoisotopic (exact) mass is 347 g/mol. The van der Waals surface area contributed by atoms with E-state index < -0.39 is 0 Å². The second-order valence-corrected chi connectivity index (χ2v) is 7.26. The molecule has 0 unspecified atom stereocenters. The number of nitrogens with zero attached hydrogens (tertiary/aromatic N) is 4. The highest BCUT2D eigenvalue weighted by atomic mass is 16.1. The van der Waals surface area contributed by atoms with Gasteiger partial charge in [-0.15, -0.1) is 0 Å². The summed E-state index contributed by atoms with van der Waals surface area (Å²) in [4.78, 5) is 23.7. The summed E-state index contributed by atoms with van der Waals surface area (Å²) in [7, 11) is 0. The Balaban J connectivity index is 1.32. The van der Waals surface area contributed by atoms with E-state index in [1.807, 2.05) is 37.4 Å². The van der Waals surface area contributed by atoms with E-state index in [2.05, 4.69) is 24.6 Å². The fourth-order valence-electron chi connectivity index (χ4n) is 3.74. The van der Waals surface area contributed by atoms with Gasteiger partial charge in [0.2, 0.25) is 0 Å². The number of pyridine rings is 2. The molecule has 0 radical (unpaired) electrons. The quantitative estimate of drug-likeness (QED) is 0.788. The first kappa shape index (κ1) is 15.4. The second-order valence-electron chi connectivity index (χ2n) is 7.26. The molecular weight excluding hydrogens is 326 g/mol. The largest absolute Gasteiger partial charge is 0.367 e. The molecule has 0 aromatic carbocycles. The lowest BCUT2D eigenvalue weighted by Crippen LogP contribution is -2.59. The maximum atomic E-state index is 12.8. The van der Waals surface area contributed by atoms with Crippen LogP contribution in [-0.2, 0) is 0 Å². The predicted molar refractivity (Wildman–Crippen MR) is 99.6 cm³/mol. The number of carbonyl (C=O) groups is 1. The molecule has 0 bridgehead atoms. The van der Waals surface area contributed by atoms with E-state index in [0.29, 0.717) is 5.92 Å². The number of hydrogen-bond acceptors (Lipinski definition) is 4. The lowest BCUT2D eigenvalue weighted by atomic mass is 10.1. The molecule has 2 aliphatic rings. The molecule has 4 heterocycles. The number of aryl methyl sites for hydroxylation is 1. The average Bonchev–Trinajstić information content (AvgIpc) is 3.37. The Morgan fingerprint density at radius 1 is 1.15 bits per heavy atom. The molecule has 1 aliphatic carbocycles. The molecule has 3 aromatic rings. The SMILES string of the molecule is Cc1c(C(=O)NC2CN(c3ccncc3)C2)ccc2cnc(C3CC3)n12. The van der Waals surface area contributed by atoms with Gasteiger partial charge in [0.15, 0.2) is 0 Å². The lowest BCUT2D eigenvalue weighted by molar-refractivity contribution is 0.0929. The number of fused-ring (bicyclic) bond motifs is 1. The van der Waals surface area contributed by atoms with Gasteiger partial charge in [0.05, 0.1) is 23.3 Å². The highest BCUT2D eigenvalue weighted by molar-refractivity contribution is 5.96. The third kappa shape index (κ3) is 2.53. The van der Waals surface area contributed by atoms with E-state index in [0.717, 1.165) is 41.4 Å². The number of rotatable bonds is 4. The van der Waals surface area contributed by atoms with Crippen LogP contribution in [0.1, 0.15) is 40.6 Å². The van der Waals surface area contributed by atoms with Crippen LogP contribution in [0.4, 0.5) is 5.69 Å². The fourth-order valence-corrected chi connectivity index (χ4v) is 3.74. The summed E-state index contributed by atoms with van der Waals surface area (Å²) in [6.45, 7) is 3.67. The summed E-state index contributed by atoms with van der Waals surface area (Å²) in [5.41, 5.74) is 3.92. The van der Waals surface area contributed by atoms with E-state index in [9.17, 15) is 4.79 Å². The van der Waals surface area contributed by atoms with Gasteiger partial charge in [-0.3, -0.25) is 14.2 Å². The molecule has 1 saturated heterocycles. The normalized spacial score (nSPS) is 17.3. The minimum Gasteiger partial charge on any atom is -0.367 e. The third-order valence-corrected chi connectivity index (χ3v) is 5.39. The Morgan fingerprint density at radius 3 is 2.65 bits per heavy atom. The van der Waals surface area contributed by atoms with Crippen molar-refractivity contribution in [3.8, 4) is 0 Å². The van der Waals surface area contributed by atoms with Crippen molar-refractivity contribution in [2.24, 2.45) is 0 Å². The molecular formula is C20H21N5O. The van der Waals surface area contributed by atoms with Gasteiger partial charge >= 0.3 is 0 Å². The molecule has 1 N–H and O–H groups in total. The van der Waals surface area contributed by atoms with Gasteiger partial charge in [0.25, 0.3) is 5.91 Å². The van der Waals surface area contributed by atoms with Crippen LogP contribution in [0.25, 0.3) is 5.52 Å². The van der Waals surface area contributed by atoms with Gasteiger partial charge in [0, 0.05) is 42.8 Å². The van der Waals surface area contributed by atoms with Crippen molar-refractivity contribution in [3.05, 3.63) is 59.9 Å². The Hall–Kier alpha value is -2.89. The van der Waals surface area contributed by atoms with Gasteiger partial charge in [-0.2, -0.15) is 0 Å². The number of aromatic nitrogens is 3. The topological polar surface area (TPSA) is 62.5 Å². The number of hydrogen-bond donors (Lipinski definition) is 1. The minimum absolute atomic E-state index is 0.000717. The smallest absolute Gasteiger partial charge is 0.253 e. The molecule has 6 nitrogen and oxygen atoms in total. The number of anilines is 1. The van der Waals surface area contributed by atoms with E-state index >= 15 is 0 Å². The molecule has 1 amide bonds. The summed E-state index contributed by atoms with van der Waals surface area (Å²) >= 11 is 0. The van der Waals surface area contributed by atoms with Gasteiger partial charge in [-0.1, -0.05) is 0 Å². The van der Waals surface area contributed by atoms with Crippen molar-refractivity contribution in [2.45, 2.75) is 31.7 Å². The van der Waals surface area contributed by atoms with Crippen molar-refractivity contribution in [1.82, 2.24) is 19.7 Å². The molecule has 0 spiro atoms. The highest BCUT2D eigenvalue weighted by Gasteiger charge is 2.31. The van der Waals surface area contributed by atoms with Crippen LogP contribution in [0, 0.1) is 6.92 Å². The molecule has 132 valence electrons. The third-order valence-electron chi connectivity index (χ3n) is 5.39. The Morgan fingerprint density at radius 2 is 1.92 bits per heavy atom. The average molecular weight is 347 g/mol. The van der Waals surface area contributed by atoms with Crippen LogP contribution in [-0.4, -0.2) is 39.4 Å². The van der Waals surface area contributed by atoms with E-state index in [4.69, 9.17) is 0 Å². The molecule has 1 saturated carbocycles. The number of imidazole rings is 1. The van der Waals surface area contributed by atoms with Gasteiger partial charge in [-0.05, 0) is 44.0 Å². The fraction of sp³-hybridized carbons (Fsp3) is 0.350. The maximum absolute atomic E-state index is 12.8. The first-order valence-electron chi connectivity index (χ1n) is 9.13. The van der Waals surface area contributed by atoms with Crippen molar-refractivity contribution < 1.29 is 4.79 Å². The van der Waals surface area contributed by atoms with Gasteiger partial charge in [-0.25, -0.2) is 4.98 Å². The zero-order valence-electron chi connectivity index (χ0n) is 14.7. The minimum atomic E-state index is -0.000717. The van der Waals surface area contributed by atoms with Crippen LogP contribution in [0.15, 0.2) is 42.9 Å². The zero-order chi connectivity index (χ0) is 17.7. The molecule has 3 aromatic heterocycles. The first-order chi connectivity index (χ1) is 12.7. The number of nitrogens with one attached hydrogen (secondary N) is 1. The van der Waals surface area contributed by atoms with E-state index in [1.165, 1.54) is 12.8 Å². The maximum Gasteiger partial charge on any atom is 0.253 e. The molecule has 1 aliphatic heterocycles. The van der Waals surface area contributed by atoms with Gasteiger partial charge < -0.3 is 10.2 Å². The summed E-state index contributed by atoms with van der Waals surface area (Å²) in [6.07, 6.45) is 7.88. The second kappa shape index (κ2) is 5.83. The van der Waals surface area contributed by atoms with Crippen LogP contribution in [0.3, 0.4) is 0 Å². The van der Waals surface area contributed by atoms with E-state index in [1.54, 1.807) is 12.4 Å². The Kier molecular flexibility index (Phi) is 3.45. The summed E-state index contributed by atoms with van der Waals surface area (Å²) < 4.78 is 2.15. The van der Waals surface area contributed by atoms with Crippen LogP contribution in [0.5, 0.6) is 0 Å². The summed E-state index contributed by atoms with van der Waals surface area (Å²) in [5.74, 6) is 1.65. The van der Waals surface area contributed by atoms with E-state index in [-0.39, 0.29) is 11.9 Å². The van der Waals surface area contributed by atoms with Crippen LogP contribution in [0.2, 0.25) is 0 Å².